The molecule has 0 unspecified atom stereocenters. The van der Waals surface area contributed by atoms with E-state index in [0.717, 1.165) is 75.2 Å². The Kier molecular flexibility index (Phi) is 7.11. The molecule has 3 aliphatic rings. The van der Waals surface area contributed by atoms with Crippen molar-refractivity contribution in [2.45, 2.75) is 51.1 Å². The lowest BCUT2D eigenvalue weighted by molar-refractivity contribution is -0.125. The molecular weight excluding hydrogens is 456 g/mol. The smallest absolute Gasteiger partial charge is 0.253 e. The fourth-order valence-electron chi connectivity index (χ4n) is 5.52. The molecule has 190 valence electrons. The third-order valence-corrected chi connectivity index (χ3v) is 7.45. The van der Waals surface area contributed by atoms with Gasteiger partial charge in [-0.2, -0.15) is 0 Å². The largest absolute Gasteiger partial charge is 0.497 e. The molecule has 2 saturated heterocycles. The summed E-state index contributed by atoms with van der Waals surface area (Å²) in [4.78, 5) is 45.4. The molecule has 3 heterocycles. The van der Waals surface area contributed by atoms with Crippen molar-refractivity contribution in [3.63, 3.8) is 0 Å². The van der Waals surface area contributed by atoms with Crippen LogP contribution in [0.1, 0.15) is 54.4 Å². The molecule has 8 heteroatoms. The predicted octanol–water partition coefficient (Wildman–Crippen LogP) is 3.34. The monoisotopic (exact) mass is 490 g/mol. The van der Waals surface area contributed by atoms with E-state index in [-0.39, 0.29) is 30.3 Å². The number of methoxy groups -OCH3 is 1. The van der Waals surface area contributed by atoms with E-state index in [1.807, 2.05) is 47.4 Å². The van der Waals surface area contributed by atoms with Gasteiger partial charge < -0.3 is 19.9 Å². The fraction of sp³-hybridized carbons (Fsp3) is 0.464. The standard InChI is InChI=1S/C28H34N4O4/c1-36-22-9-7-8-20(16-22)18-29-26(33)19-32-25-17-21(27(34)30-13-4-2-5-14-30)11-12-23(25)31-15-6-3-10-24(31)28(32)35/h7-9,11-12,16-17,24H,2-6,10,13-15,18-19H2,1H3,(H,29,33)/t24-/m0/s1. The summed E-state index contributed by atoms with van der Waals surface area (Å²) in [6.45, 7) is 2.59. The van der Waals surface area contributed by atoms with Gasteiger partial charge in [0.2, 0.25) is 11.8 Å². The van der Waals surface area contributed by atoms with Crippen molar-refractivity contribution in [2.75, 3.05) is 43.1 Å². The second-order valence-electron chi connectivity index (χ2n) is 9.81. The normalized spacial score (nSPS) is 19.4. The van der Waals surface area contributed by atoms with Crippen LogP contribution in [-0.4, -0.2) is 62.0 Å². The van der Waals surface area contributed by atoms with Gasteiger partial charge in [-0.1, -0.05) is 12.1 Å². The number of hydrogen-bond donors (Lipinski definition) is 1. The highest BCUT2D eigenvalue weighted by Crippen LogP contribution is 2.40. The maximum atomic E-state index is 13.6. The van der Waals surface area contributed by atoms with Crippen LogP contribution in [-0.2, 0) is 16.1 Å². The van der Waals surface area contributed by atoms with E-state index >= 15 is 0 Å². The Morgan fingerprint density at radius 2 is 1.78 bits per heavy atom. The number of fused-ring (bicyclic) bond motifs is 3. The summed E-state index contributed by atoms with van der Waals surface area (Å²) in [6, 6.07) is 12.9. The SMILES string of the molecule is COc1cccc(CNC(=O)CN2C(=O)[C@@H]3CCCCN3c3ccc(C(=O)N4CCCCC4)cc32)c1. The Balaban J connectivity index is 1.38. The third-order valence-electron chi connectivity index (χ3n) is 7.45. The summed E-state index contributed by atoms with van der Waals surface area (Å²) in [7, 11) is 1.61. The molecule has 0 aromatic heterocycles. The van der Waals surface area contributed by atoms with Crippen LogP contribution in [0.3, 0.4) is 0 Å². The van der Waals surface area contributed by atoms with Crippen LogP contribution in [0, 0.1) is 0 Å². The van der Waals surface area contributed by atoms with Gasteiger partial charge in [-0.3, -0.25) is 19.3 Å². The molecule has 3 amide bonds. The van der Waals surface area contributed by atoms with E-state index in [4.69, 9.17) is 4.74 Å². The lowest BCUT2D eigenvalue weighted by Gasteiger charge is -2.45. The Bertz CT molecular complexity index is 1140. The summed E-state index contributed by atoms with van der Waals surface area (Å²) < 4.78 is 5.26. The molecule has 2 aromatic carbocycles. The molecule has 1 N–H and O–H groups in total. The number of benzene rings is 2. The summed E-state index contributed by atoms with van der Waals surface area (Å²) in [6.07, 6.45) is 5.98. The number of piperidine rings is 2. The molecule has 5 rings (SSSR count). The number of carbonyl (C=O) groups excluding carboxylic acids is 3. The lowest BCUT2D eigenvalue weighted by atomic mass is 9.95. The maximum absolute atomic E-state index is 13.6. The van der Waals surface area contributed by atoms with Gasteiger partial charge in [-0.05, 0) is 74.4 Å². The number of ether oxygens (including phenoxy) is 1. The molecule has 0 saturated carbocycles. The van der Waals surface area contributed by atoms with Crippen LogP contribution in [0.2, 0.25) is 0 Å². The van der Waals surface area contributed by atoms with Crippen molar-refractivity contribution in [3.8, 4) is 5.75 Å². The van der Waals surface area contributed by atoms with E-state index in [1.165, 1.54) is 0 Å². The van der Waals surface area contributed by atoms with Crippen molar-refractivity contribution >= 4 is 29.1 Å². The van der Waals surface area contributed by atoms with E-state index in [0.29, 0.717) is 17.8 Å². The third kappa shape index (κ3) is 4.90. The average molecular weight is 491 g/mol. The first-order chi connectivity index (χ1) is 17.5. The Morgan fingerprint density at radius 1 is 0.972 bits per heavy atom. The number of carbonyl (C=O) groups is 3. The first-order valence-electron chi connectivity index (χ1n) is 13.0. The van der Waals surface area contributed by atoms with Crippen molar-refractivity contribution in [3.05, 3.63) is 53.6 Å². The molecule has 36 heavy (non-hydrogen) atoms. The van der Waals surface area contributed by atoms with Gasteiger partial charge in [0, 0.05) is 31.7 Å². The van der Waals surface area contributed by atoms with Gasteiger partial charge in [0.1, 0.15) is 18.3 Å². The number of hydrogen-bond acceptors (Lipinski definition) is 5. The van der Waals surface area contributed by atoms with E-state index in [2.05, 4.69) is 10.2 Å². The van der Waals surface area contributed by atoms with Crippen molar-refractivity contribution < 1.29 is 19.1 Å². The topological polar surface area (TPSA) is 82.2 Å². The van der Waals surface area contributed by atoms with Crippen LogP contribution in [0.4, 0.5) is 11.4 Å². The van der Waals surface area contributed by atoms with Crippen molar-refractivity contribution in [1.29, 1.82) is 0 Å². The van der Waals surface area contributed by atoms with Gasteiger partial charge in [0.05, 0.1) is 18.5 Å². The molecule has 0 aliphatic carbocycles. The van der Waals surface area contributed by atoms with Gasteiger partial charge >= 0.3 is 0 Å². The van der Waals surface area contributed by atoms with Gasteiger partial charge in [0.25, 0.3) is 5.91 Å². The van der Waals surface area contributed by atoms with Gasteiger partial charge in [0.15, 0.2) is 0 Å². The van der Waals surface area contributed by atoms with Crippen LogP contribution in [0.5, 0.6) is 5.75 Å². The zero-order chi connectivity index (χ0) is 25.1. The van der Waals surface area contributed by atoms with Crippen LogP contribution in [0.25, 0.3) is 0 Å². The maximum Gasteiger partial charge on any atom is 0.253 e. The molecule has 2 fully saturated rings. The molecule has 0 radical (unpaired) electrons. The first kappa shape index (κ1) is 24.2. The van der Waals surface area contributed by atoms with Gasteiger partial charge in [-0.15, -0.1) is 0 Å². The van der Waals surface area contributed by atoms with Crippen molar-refractivity contribution in [1.82, 2.24) is 10.2 Å². The Morgan fingerprint density at radius 3 is 2.58 bits per heavy atom. The highest BCUT2D eigenvalue weighted by molar-refractivity contribution is 6.09. The number of nitrogens with one attached hydrogen (secondary N) is 1. The summed E-state index contributed by atoms with van der Waals surface area (Å²) in [5.41, 5.74) is 3.06. The second kappa shape index (κ2) is 10.6. The molecule has 1 atom stereocenters. The van der Waals surface area contributed by atoms with Crippen LogP contribution >= 0.6 is 0 Å². The second-order valence-corrected chi connectivity index (χ2v) is 9.81. The molecule has 3 aliphatic heterocycles. The zero-order valence-electron chi connectivity index (χ0n) is 20.9. The molecule has 0 spiro atoms. The molecule has 2 aromatic rings. The average Bonchev–Trinajstić information content (AvgIpc) is 2.94. The highest BCUT2D eigenvalue weighted by Gasteiger charge is 2.40. The lowest BCUT2D eigenvalue weighted by Crippen LogP contribution is -2.57. The number of likely N-dealkylation sites (tertiary alicyclic amines) is 1. The summed E-state index contributed by atoms with van der Waals surface area (Å²) >= 11 is 0. The first-order valence-corrected chi connectivity index (χ1v) is 13.0. The Hall–Kier alpha value is -3.55. The minimum Gasteiger partial charge on any atom is -0.497 e. The zero-order valence-corrected chi connectivity index (χ0v) is 20.9. The van der Waals surface area contributed by atoms with E-state index in [9.17, 15) is 14.4 Å². The molecule has 8 nitrogen and oxygen atoms in total. The Labute approximate surface area is 212 Å². The highest BCUT2D eigenvalue weighted by atomic mass is 16.5. The van der Waals surface area contributed by atoms with Crippen LogP contribution < -0.4 is 19.9 Å². The minimum absolute atomic E-state index is 0.00635. The number of nitrogens with zero attached hydrogens (tertiary/aromatic N) is 3. The number of anilines is 2. The number of rotatable bonds is 6. The van der Waals surface area contributed by atoms with E-state index < -0.39 is 0 Å². The minimum atomic E-state index is -0.263. The summed E-state index contributed by atoms with van der Waals surface area (Å²) in [5, 5.41) is 2.93. The molecule has 0 bridgehead atoms. The quantitative estimate of drug-likeness (QED) is 0.672. The van der Waals surface area contributed by atoms with E-state index in [1.54, 1.807) is 12.0 Å². The number of amides is 3. The fourth-order valence-corrected chi connectivity index (χ4v) is 5.52. The van der Waals surface area contributed by atoms with Gasteiger partial charge in [-0.25, -0.2) is 0 Å². The predicted molar refractivity (Wildman–Crippen MR) is 138 cm³/mol. The van der Waals surface area contributed by atoms with Crippen LogP contribution in [0.15, 0.2) is 42.5 Å². The van der Waals surface area contributed by atoms with Crippen molar-refractivity contribution in [2.24, 2.45) is 0 Å². The summed E-state index contributed by atoms with van der Waals surface area (Å²) in [5.74, 6) is 0.411. The molecular formula is C28H34N4O4.